The molecule has 9 heteroatoms. The largest absolute Gasteiger partial charge is 0.383 e. The van der Waals surface area contributed by atoms with E-state index in [1.165, 1.54) is 54.7 Å². The monoisotopic (exact) mass is 419 g/mol. The van der Waals surface area contributed by atoms with Crippen molar-refractivity contribution < 1.29 is 22.7 Å². The number of amides is 2. The molecular weight excluding hydrogens is 394 g/mol. The lowest BCUT2D eigenvalue weighted by molar-refractivity contribution is -0.121. The van der Waals surface area contributed by atoms with E-state index in [-0.39, 0.29) is 23.3 Å². The molecule has 0 aromatic heterocycles. The Hall–Kier alpha value is -2.91. The zero-order valence-corrected chi connectivity index (χ0v) is 17.5. The number of nitrogens with zero attached hydrogens (tertiary/aromatic N) is 2. The normalized spacial score (nSPS) is 11.0. The number of anilines is 1. The van der Waals surface area contributed by atoms with Crippen LogP contribution in [0.4, 0.5) is 5.69 Å². The molecule has 0 aliphatic carbocycles. The van der Waals surface area contributed by atoms with Crippen molar-refractivity contribution in [1.29, 1.82) is 0 Å². The molecule has 156 valence electrons. The fourth-order valence-electron chi connectivity index (χ4n) is 2.56. The van der Waals surface area contributed by atoms with E-state index >= 15 is 0 Å². The molecule has 0 atom stereocenters. The molecule has 2 amide bonds. The molecular formula is C20H25N3O5S. The summed E-state index contributed by atoms with van der Waals surface area (Å²) < 4.78 is 31.6. The number of ether oxygens (including phenoxy) is 1. The first-order valence-corrected chi connectivity index (χ1v) is 10.4. The summed E-state index contributed by atoms with van der Waals surface area (Å²) in [7, 11) is 0.755. The van der Waals surface area contributed by atoms with Gasteiger partial charge in [-0.15, -0.1) is 0 Å². The van der Waals surface area contributed by atoms with Crippen molar-refractivity contribution in [2.75, 3.05) is 45.2 Å². The number of carbonyl (C=O) groups is 2. The number of carbonyl (C=O) groups excluding carboxylic acids is 2. The summed E-state index contributed by atoms with van der Waals surface area (Å²) in [5.74, 6) is -0.686. The first-order valence-electron chi connectivity index (χ1n) is 8.92. The first kappa shape index (κ1) is 22.4. The highest BCUT2D eigenvalue weighted by molar-refractivity contribution is 7.92. The van der Waals surface area contributed by atoms with Crippen molar-refractivity contribution in [3.8, 4) is 0 Å². The summed E-state index contributed by atoms with van der Waals surface area (Å²) in [5.41, 5.74) is 0.824. The van der Waals surface area contributed by atoms with Gasteiger partial charge in [-0.2, -0.15) is 0 Å². The Labute approximate surface area is 171 Å². The van der Waals surface area contributed by atoms with Crippen LogP contribution in [0.25, 0.3) is 0 Å². The van der Waals surface area contributed by atoms with Gasteiger partial charge in [-0.25, -0.2) is 8.42 Å². The molecule has 1 N–H and O–H groups in total. The highest BCUT2D eigenvalue weighted by Gasteiger charge is 2.22. The van der Waals surface area contributed by atoms with E-state index < -0.39 is 10.0 Å². The summed E-state index contributed by atoms with van der Waals surface area (Å²) >= 11 is 0. The van der Waals surface area contributed by atoms with E-state index in [0.29, 0.717) is 24.4 Å². The molecule has 2 aromatic rings. The fourth-order valence-corrected chi connectivity index (χ4v) is 3.76. The number of benzene rings is 2. The second-order valence-corrected chi connectivity index (χ2v) is 8.31. The molecule has 0 radical (unpaired) electrons. The minimum absolute atomic E-state index is 0.0698. The number of nitrogens with one attached hydrogen (secondary N) is 1. The number of para-hydroxylation sites is 1. The Bertz CT molecular complexity index is 930. The second-order valence-electron chi connectivity index (χ2n) is 6.34. The van der Waals surface area contributed by atoms with Crippen molar-refractivity contribution >= 4 is 27.5 Å². The van der Waals surface area contributed by atoms with Crippen LogP contribution in [-0.4, -0.2) is 66.0 Å². The first-order chi connectivity index (χ1) is 13.8. The number of hydrogen-bond donors (Lipinski definition) is 1. The van der Waals surface area contributed by atoms with Gasteiger partial charge in [0.05, 0.1) is 23.7 Å². The lowest BCUT2D eigenvalue weighted by atomic mass is 10.2. The quantitative estimate of drug-likeness (QED) is 0.619. The van der Waals surface area contributed by atoms with Gasteiger partial charge in [-0.1, -0.05) is 18.2 Å². The maximum absolute atomic E-state index is 12.8. The van der Waals surface area contributed by atoms with Gasteiger partial charge < -0.3 is 15.0 Å². The van der Waals surface area contributed by atoms with Crippen molar-refractivity contribution in [2.24, 2.45) is 0 Å². The van der Waals surface area contributed by atoms with E-state index in [2.05, 4.69) is 5.32 Å². The van der Waals surface area contributed by atoms with Gasteiger partial charge in [-0.3, -0.25) is 13.9 Å². The third-order valence-electron chi connectivity index (χ3n) is 4.24. The lowest BCUT2D eigenvalue weighted by Crippen LogP contribution is -2.39. The van der Waals surface area contributed by atoms with Crippen LogP contribution in [0.5, 0.6) is 0 Å². The van der Waals surface area contributed by atoms with E-state index in [1.807, 2.05) is 0 Å². The van der Waals surface area contributed by atoms with Crippen LogP contribution >= 0.6 is 0 Å². The van der Waals surface area contributed by atoms with Gasteiger partial charge in [0.15, 0.2) is 0 Å². The summed E-state index contributed by atoms with van der Waals surface area (Å²) in [6.07, 6.45) is 0. The van der Waals surface area contributed by atoms with Crippen molar-refractivity contribution in [2.45, 2.75) is 4.90 Å². The Morgan fingerprint density at radius 3 is 2.21 bits per heavy atom. The molecule has 2 aromatic carbocycles. The lowest BCUT2D eigenvalue weighted by Gasteiger charge is -2.20. The molecule has 0 bridgehead atoms. The van der Waals surface area contributed by atoms with Crippen molar-refractivity contribution in [3.05, 3.63) is 60.2 Å². The smallest absolute Gasteiger partial charge is 0.264 e. The molecule has 0 spiro atoms. The van der Waals surface area contributed by atoms with Gasteiger partial charge in [-0.05, 0) is 36.4 Å². The summed E-state index contributed by atoms with van der Waals surface area (Å²) in [6, 6.07) is 14.3. The Kier molecular flexibility index (Phi) is 7.74. The maximum Gasteiger partial charge on any atom is 0.264 e. The molecule has 0 aliphatic heterocycles. The average Bonchev–Trinajstić information content (AvgIpc) is 2.73. The predicted octanol–water partition coefficient (Wildman–Crippen LogP) is 1.35. The van der Waals surface area contributed by atoms with Crippen LogP contribution in [0.3, 0.4) is 0 Å². The molecule has 0 aliphatic rings. The molecule has 0 unspecified atom stereocenters. The number of sulfonamides is 1. The highest BCUT2D eigenvalue weighted by Crippen LogP contribution is 2.22. The van der Waals surface area contributed by atoms with Gasteiger partial charge in [0.1, 0.15) is 0 Å². The molecule has 29 heavy (non-hydrogen) atoms. The molecule has 0 fully saturated rings. The predicted molar refractivity (Wildman–Crippen MR) is 110 cm³/mol. The highest BCUT2D eigenvalue weighted by atomic mass is 32.2. The standard InChI is InChI=1S/C20H25N3O5S/c1-22(15-19(24)21-13-14-28-3)20(25)16-9-11-18(12-10-16)29(26,27)23(2)17-7-5-4-6-8-17/h4-12H,13-15H2,1-3H3,(H,21,24). The van der Waals surface area contributed by atoms with E-state index in [1.54, 1.807) is 30.3 Å². The maximum atomic E-state index is 12.8. The Balaban J connectivity index is 2.07. The zero-order valence-electron chi connectivity index (χ0n) is 16.7. The van der Waals surface area contributed by atoms with Gasteiger partial charge in [0.2, 0.25) is 5.91 Å². The third kappa shape index (κ3) is 5.78. The van der Waals surface area contributed by atoms with Crippen LogP contribution < -0.4 is 9.62 Å². The average molecular weight is 420 g/mol. The summed E-state index contributed by atoms with van der Waals surface area (Å²) in [5, 5.41) is 2.64. The van der Waals surface area contributed by atoms with Crippen molar-refractivity contribution in [3.63, 3.8) is 0 Å². The number of rotatable bonds is 9. The Morgan fingerprint density at radius 2 is 1.62 bits per heavy atom. The van der Waals surface area contributed by atoms with E-state index in [4.69, 9.17) is 4.74 Å². The molecule has 2 rings (SSSR count). The van der Waals surface area contributed by atoms with Gasteiger partial charge in [0, 0.05) is 33.3 Å². The van der Waals surface area contributed by atoms with Crippen LogP contribution in [0, 0.1) is 0 Å². The minimum atomic E-state index is -3.75. The second kappa shape index (κ2) is 10.0. The molecule has 8 nitrogen and oxygen atoms in total. The topological polar surface area (TPSA) is 96.0 Å². The van der Waals surface area contributed by atoms with E-state index in [0.717, 1.165) is 0 Å². The van der Waals surface area contributed by atoms with Crippen LogP contribution in [0.1, 0.15) is 10.4 Å². The van der Waals surface area contributed by atoms with Crippen LogP contribution in [0.2, 0.25) is 0 Å². The van der Waals surface area contributed by atoms with Crippen LogP contribution in [-0.2, 0) is 19.6 Å². The number of hydrogen-bond acceptors (Lipinski definition) is 5. The minimum Gasteiger partial charge on any atom is -0.383 e. The third-order valence-corrected chi connectivity index (χ3v) is 6.04. The number of methoxy groups -OCH3 is 1. The zero-order chi connectivity index (χ0) is 21.4. The summed E-state index contributed by atoms with van der Waals surface area (Å²) in [6.45, 7) is 0.634. The van der Waals surface area contributed by atoms with Gasteiger partial charge >= 0.3 is 0 Å². The molecule has 0 saturated carbocycles. The SMILES string of the molecule is COCCNC(=O)CN(C)C(=O)c1ccc(S(=O)(=O)N(C)c2ccccc2)cc1. The fraction of sp³-hybridized carbons (Fsp3) is 0.300. The molecule has 0 saturated heterocycles. The molecule has 0 heterocycles. The summed E-state index contributed by atoms with van der Waals surface area (Å²) in [4.78, 5) is 25.6. The van der Waals surface area contributed by atoms with Crippen LogP contribution in [0.15, 0.2) is 59.5 Å². The van der Waals surface area contributed by atoms with Crippen molar-refractivity contribution in [1.82, 2.24) is 10.2 Å². The Morgan fingerprint density at radius 1 is 1.00 bits per heavy atom. The van der Waals surface area contributed by atoms with E-state index in [9.17, 15) is 18.0 Å². The van der Waals surface area contributed by atoms with Gasteiger partial charge in [0.25, 0.3) is 15.9 Å². The number of likely N-dealkylation sites (N-methyl/N-ethyl adjacent to an activating group) is 1.